The maximum atomic E-state index is 13.4. The minimum atomic E-state index is -0.564. The van der Waals surface area contributed by atoms with Crippen LogP contribution in [0.4, 0.5) is 10.1 Å². The predicted octanol–water partition coefficient (Wildman–Crippen LogP) is 4.65. The molecule has 4 nitrogen and oxygen atoms in total. The monoisotopic (exact) mass is 363 g/mol. The Morgan fingerprint density at radius 2 is 2.08 bits per heavy atom. The van der Waals surface area contributed by atoms with E-state index in [1.165, 1.54) is 23.5 Å². The molecule has 0 aliphatic heterocycles. The maximum absolute atomic E-state index is 13.4. The summed E-state index contributed by atoms with van der Waals surface area (Å²) in [6.07, 6.45) is 0. The number of aryl methyl sites for hydroxylation is 2. The van der Waals surface area contributed by atoms with Crippen molar-refractivity contribution in [3.05, 3.63) is 68.4 Å². The van der Waals surface area contributed by atoms with Crippen molar-refractivity contribution < 1.29 is 9.18 Å². The first kappa shape index (κ1) is 16.7. The molecule has 1 amide bonds. The Balaban J connectivity index is 1.71. The van der Waals surface area contributed by atoms with E-state index in [1.54, 1.807) is 12.1 Å². The third-order valence-corrected chi connectivity index (χ3v) is 4.85. The summed E-state index contributed by atoms with van der Waals surface area (Å²) in [7, 11) is 0. The average Bonchev–Trinajstić information content (AvgIpc) is 3.10. The van der Waals surface area contributed by atoms with Crippen LogP contribution in [0, 0.1) is 19.7 Å². The minimum absolute atomic E-state index is 0.0243. The molecular formula is C17H15ClFN3OS. The number of hydrogen-bond acceptors (Lipinski definition) is 3. The van der Waals surface area contributed by atoms with E-state index in [2.05, 4.69) is 10.4 Å². The van der Waals surface area contributed by atoms with E-state index >= 15 is 0 Å². The van der Waals surface area contributed by atoms with Gasteiger partial charge in [-0.1, -0.05) is 11.6 Å². The van der Waals surface area contributed by atoms with E-state index in [0.717, 1.165) is 16.3 Å². The number of halogens is 2. The third-order valence-electron chi connectivity index (χ3n) is 3.47. The highest BCUT2D eigenvalue weighted by Crippen LogP contribution is 2.22. The number of amides is 1. The summed E-state index contributed by atoms with van der Waals surface area (Å²) in [5.74, 6) is -0.841. The van der Waals surface area contributed by atoms with Crippen molar-refractivity contribution in [1.82, 2.24) is 9.78 Å². The number of anilines is 1. The van der Waals surface area contributed by atoms with Crippen LogP contribution >= 0.6 is 22.9 Å². The molecule has 0 aliphatic rings. The second kappa shape index (κ2) is 6.75. The molecule has 0 fully saturated rings. The zero-order valence-electron chi connectivity index (χ0n) is 13.1. The number of nitrogens with one attached hydrogen (secondary N) is 1. The van der Waals surface area contributed by atoms with Gasteiger partial charge in [0.1, 0.15) is 5.82 Å². The Bertz CT molecular complexity index is 903. The van der Waals surface area contributed by atoms with Crippen LogP contribution in [0.25, 0.3) is 0 Å². The number of carbonyl (C=O) groups excluding carboxylic acids is 1. The molecule has 2 heterocycles. The van der Waals surface area contributed by atoms with Crippen LogP contribution in [0.2, 0.25) is 5.02 Å². The molecule has 0 atom stereocenters. The number of hydrogen-bond donors (Lipinski definition) is 1. The summed E-state index contributed by atoms with van der Waals surface area (Å²) >= 11 is 7.02. The van der Waals surface area contributed by atoms with Crippen LogP contribution in [0.3, 0.4) is 0 Å². The topological polar surface area (TPSA) is 46.9 Å². The molecule has 0 bridgehead atoms. The lowest BCUT2D eigenvalue weighted by molar-refractivity contribution is 0.103. The first-order valence-corrected chi connectivity index (χ1v) is 8.48. The molecule has 24 heavy (non-hydrogen) atoms. The lowest BCUT2D eigenvalue weighted by Crippen LogP contribution is -2.10. The van der Waals surface area contributed by atoms with Crippen LogP contribution in [0.5, 0.6) is 0 Å². The third kappa shape index (κ3) is 3.66. The minimum Gasteiger partial charge on any atom is -0.321 e. The molecule has 3 rings (SSSR count). The molecule has 1 N–H and O–H groups in total. The molecule has 0 spiro atoms. The van der Waals surface area contributed by atoms with Gasteiger partial charge in [0, 0.05) is 16.3 Å². The average molecular weight is 364 g/mol. The largest absolute Gasteiger partial charge is 0.321 e. The Morgan fingerprint density at radius 3 is 2.75 bits per heavy atom. The van der Waals surface area contributed by atoms with Gasteiger partial charge in [-0.25, -0.2) is 4.39 Å². The van der Waals surface area contributed by atoms with Crippen LogP contribution in [0.1, 0.15) is 25.9 Å². The SMILES string of the molecule is Cc1cc(C)n(Cc2ccc(C(=O)Nc3ccc(Cl)c(F)c3)s2)n1. The van der Waals surface area contributed by atoms with Gasteiger partial charge in [-0.2, -0.15) is 5.10 Å². The van der Waals surface area contributed by atoms with Crippen LogP contribution in [-0.4, -0.2) is 15.7 Å². The zero-order chi connectivity index (χ0) is 17.3. The molecule has 0 radical (unpaired) electrons. The van der Waals surface area contributed by atoms with Crippen molar-refractivity contribution in [3.63, 3.8) is 0 Å². The second-order valence-corrected chi connectivity index (χ2v) is 7.01. The molecule has 0 saturated heterocycles. The fourth-order valence-corrected chi connectivity index (χ4v) is 3.34. The van der Waals surface area contributed by atoms with Crippen molar-refractivity contribution in [2.24, 2.45) is 0 Å². The molecule has 0 aliphatic carbocycles. The van der Waals surface area contributed by atoms with Gasteiger partial charge in [0.05, 0.1) is 22.1 Å². The number of benzene rings is 1. The van der Waals surface area contributed by atoms with E-state index in [9.17, 15) is 9.18 Å². The van der Waals surface area contributed by atoms with E-state index in [1.807, 2.05) is 30.7 Å². The summed E-state index contributed by atoms with van der Waals surface area (Å²) < 4.78 is 15.3. The summed E-state index contributed by atoms with van der Waals surface area (Å²) in [5.41, 5.74) is 2.41. The quantitative estimate of drug-likeness (QED) is 0.733. The van der Waals surface area contributed by atoms with Crippen molar-refractivity contribution in [1.29, 1.82) is 0 Å². The fraction of sp³-hybridized carbons (Fsp3) is 0.176. The lowest BCUT2D eigenvalue weighted by atomic mass is 10.3. The van der Waals surface area contributed by atoms with Crippen LogP contribution < -0.4 is 5.32 Å². The van der Waals surface area contributed by atoms with E-state index in [-0.39, 0.29) is 10.9 Å². The van der Waals surface area contributed by atoms with E-state index in [0.29, 0.717) is 17.1 Å². The van der Waals surface area contributed by atoms with Gasteiger partial charge < -0.3 is 5.32 Å². The van der Waals surface area contributed by atoms with Crippen molar-refractivity contribution in [2.75, 3.05) is 5.32 Å². The Hall–Kier alpha value is -2.18. The summed E-state index contributed by atoms with van der Waals surface area (Å²) in [4.78, 5) is 13.8. The van der Waals surface area contributed by atoms with Gasteiger partial charge in [0.25, 0.3) is 5.91 Å². The van der Waals surface area contributed by atoms with Crippen molar-refractivity contribution in [2.45, 2.75) is 20.4 Å². The number of aromatic nitrogens is 2. The van der Waals surface area contributed by atoms with Gasteiger partial charge in [0.2, 0.25) is 0 Å². The molecule has 124 valence electrons. The highest BCUT2D eigenvalue weighted by Gasteiger charge is 2.12. The van der Waals surface area contributed by atoms with Gasteiger partial charge >= 0.3 is 0 Å². The van der Waals surface area contributed by atoms with Gasteiger partial charge in [0.15, 0.2) is 0 Å². The highest BCUT2D eigenvalue weighted by molar-refractivity contribution is 7.14. The predicted molar refractivity (Wildman–Crippen MR) is 94.5 cm³/mol. The molecule has 0 saturated carbocycles. The number of carbonyl (C=O) groups is 1. The fourth-order valence-electron chi connectivity index (χ4n) is 2.33. The van der Waals surface area contributed by atoms with Crippen molar-refractivity contribution in [3.8, 4) is 0 Å². The molecular weight excluding hydrogens is 349 g/mol. The molecule has 2 aromatic heterocycles. The number of rotatable bonds is 4. The Labute approximate surface area is 147 Å². The summed E-state index contributed by atoms with van der Waals surface area (Å²) in [6.45, 7) is 4.56. The van der Waals surface area contributed by atoms with E-state index in [4.69, 9.17) is 11.6 Å². The normalized spacial score (nSPS) is 10.8. The number of thiophene rings is 1. The molecule has 1 aromatic carbocycles. The smallest absolute Gasteiger partial charge is 0.265 e. The number of nitrogens with zero attached hydrogens (tertiary/aromatic N) is 2. The lowest BCUT2D eigenvalue weighted by Gasteiger charge is -2.04. The Morgan fingerprint density at radius 1 is 1.29 bits per heavy atom. The molecule has 0 unspecified atom stereocenters. The van der Waals surface area contributed by atoms with Gasteiger partial charge in [-0.05, 0) is 50.2 Å². The first-order valence-electron chi connectivity index (χ1n) is 7.28. The van der Waals surface area contributed by atoms with Crippen LogP contribution in [0.15, 0.2) is 36.4 Å². The van der Waals surface area contributed by atoms with Crippen LogP contribution in [-0.2, 0) is 6.54 Å². The second-order valence-electron chi connectivity index (χ2n) is 5.43. The van der Waals surface area contributed by atoms with E-state index < -0.39 is 5.82 Å². The van der Waals surface area contributed by atoms with Crippen molar-refractivity contribution >= 4 is 34.5 Å². The van der Waals surface area contributed by atoms with Gasteiger partial charge in [-0.15, -0.1) is 11.3 Å². The summed E-state index contributed by atoms with van der Waals surface area (Å²) in [5, 5.41) is 7.11. The first-order chi connectivity index (χ1) is 11.4. The maximum Gasteiger partial charge on any atom is 0.265 e. The molecule has 7 heteroatoms. The Kier molecular flexibility index (Phi) is 4.69. The zero-order valence-corrected chi connectivity index (χ0v) is 14.7. The molecule has 3 aromatic rings. The highest BCUT2D eigenvalue weighted by atomic mass is 35.5. The summed E-state index contributed by atoms with van der Waals surface area (Å²) in [6, 6.07) is 9.84. The van der Waals surface area contributed by atoms with Gasteiger partial charge in [-0.3, -0.25) is 9.48 Å². The standard InChI is InChI=1S/C17H15ClFN3OS/c1-10-7-11(2)22(21-10)9-13-4-6-16(24-13)17(23)20-12-3-5-14(18)15(19)8-12/h3-8H,9H2,1-2H3,(H,20,23).